The number of phenolic OH excluding ortho intramolecular Hbond substituents is 2. The van der Waals surface area contributed by atoms with Crippen LogP contribution in [0.15, 0.2) is 18.2 Å². The SMILES string of the molecule is Oc1ccc(CNCC2CCCC2O)cc1O. The van der Waals surface area contributed by atoms with Gasteiger partial charge < -0.3 is 20.6 Å². The van der Waals surface area contributed by atoms with Gasteiger partial charge in [-0.05, 0) is 36.5 Å². The molecule has 1 aliphatic rings. The fourth-order valence-corrected chi connectivity index (χ4v) is 2.34. The minimum absolute atomic E-state index is 0.0924. The molecule has 1 fully saturated rings. The average Bonchev–Trinajstić information content (AvgIpc) is 2.70. The maximum Gasteiger partial charge on any atom is 0.157 e. The van der Waals surface area contributed by atoms with Gasteiger partial charge in [0.05, 0.1) is 6.10 Å². The molecule has 1 saturated carbocycles. The summed E-state index contributed by atoms with van der Waals surface area (Å²) in [7, 11) is 0. The van der Waals surface area contributed by atoms with E-state index in [0.29, 0.717) is 12.5 Å². The van der Waals surface area contributed by atoms with Crippen molar-refractivity contribution in [3.8, 4) is 11.5 Å². The third kappa shape index (κ3) is 3.11. The van der Waals surface area contributed by atoms with Crippen molar-refractivity contribution >= 4 is 0 Å². The number of aliphatic hydroxyl groups excluding tert-OH is 1. The van der Waals surface area contributed by atoms with E-state index < -0.39 is 0 Å². The lowest BCUT2D eigenvalue weighted by molar-refractivity contribution is 0.131. The average molecular weight is 237 g/mol. The van der Waals surface area contributed by atoms with E-state index in [4.69, 9.17) is 0 Å². The van der Waals surface area contributed by atoms with Crippen LogP contribution in [0.4, 0.5) is 0 Å². The van der Waals surface area contributed by atoms with E-state index in [1.165, 1.54) is 6.07 Å². The third-order valence-electron chi connectivity index (χ3n) is 3.39. The molecule has 1 aromatic rings. The fraction of sp³-hybridized carbons (Fsp3) is 0.538. The number of rotatable bonds is 4. The molecule has 0 heterocycles. The van der Waals surface area contributed by atoms with Gasteiger partial charge in [-0.2, -0.15) is 0 Å². The van der Waals surface area contributed by atoms with Crippen molar-refractivity contribution in [1.82, 2.24) is 5.32 Å². The van der Waals surface area contributed by atoms with Gasteiger partial charge >= 0.3 is 0 Å². The highest BCUT2D eigenvalue weighted by molar-refractivity contribution is 5.40. The van der Waals surface area contributed by atoms with Crippen LogP contribution >= 0.6 is 0 Å². The van der Waals surface area contributed by atoms with Gasteiger partial charge in [-0.25, -0.2) is 0 Å². The predicted octanol–water partition coefficient (Wildman–Crippen LogP) is 1.35. The van der Waals surface area contributed by atoms with Crippen LogP contribution < -0.4 is 5.32 Å². The van der Waals surface area contributed by atoms with Crippen molar-refractivity contribution in [2.24, 2.45) is 5.92 Å². The van der Waals surface area contributed by atoms with Gasteiger partial charge in [-0.1, -0.05) is 12.5 Å². The molecule has 0 bridgehead atoms. The molecule has 2 rings (SSSR count). The maximum absolute atomic E-state index is 9.65. The molecule has 0 radical (unpaired) electrons. The molecule has 1 aromatic carbocycles. The molecule has 2 unspecified atom stereocenters. The Morgan fingerprint density at radius 3 is 2.65 bits per heavy atom. The lowest BCUT2D eigenvalue weighted by atomic mass is 10.1. The van der Waals surface area contributed by atoms with Gasteiger partial charge in [0.2, 0.25) is 0 Å². The van der Waals surface area contributed by atoms with Crippen LogP contribution in [0.2, 0.25) is 0 Å². The van der Waals surface area contributed by atoms with Gasteiger partial charge in [0.25, 0.3) is 0 Å². The van der Waals surface area contributed by atoms with Crippen molar-refractivity contribution in [1.29, 1.82) is 0 Å². The molecule has 4 heteroatoms. The normalized spacial score (nSPS) is 24.1. The largest absolute Gasteiger partial charge is 0.504 e. The molecule has 0 aliphatic heterocycles. The summed E-state index contributed by atoms with van der Waals surface area (Å²) >= 11 is 0. The fourth-order valence-electron chi connectivity index (χ4n) is 2.34. The van der Waals surface area contributed by atoms with Crippen LogP contribution in [-0.2, 0) is 6.54 Å². The third-order valence-corrected chi connectivity index (χ3v) is 3.39. The first-order chi connectivity index (χ1) is 8.16. The molecule has 2 atom stereocenters. The highest BCUT2D eigenvalue weighted by atomic mass is 16.3. The van der Waals surface area contributed by atoms with Gasteiger partial charge in [0.15, 0.2) is 11.5 Å². The van der Waals surface area contributed by atoms with Crippen LogP contribution in [0.1, 0.15) is 24.8 Å². The Hall–Kier alpha value is -1.26. The highest BCUT2D eigenvalue weighted by Gasteiger charge is 2.24. The van der Waals surface area contributed by atoms with Crippen LogP contribution in [0, 0.1) is 5.92 Å². The smallest absolute Gasteiger partial charge is 0.157 e. The molecule has 0 amide bonds. The Morgan fingerprint density at radius 2 is 2.00 bits per heavy atom. The maximum atomic E-state index is 9.65. The van der Waals surface area contributed by atoms with Crippen molar-refractivity contribution in [2.45, 2.75) is 31.9 Å². The number of benzene rings is 1. The van der Waals surface area contributed by atoms with Crippen LogP contribution in [0.25, 0.3) is 0 Å². The van der Waals surface area contributed by atoms with Crippen molar-refractivity contribution in [3.05, 3.63) is 23.8 Å². The quantitative estimate of drug-likeness (QED) is 0.596. The number of nitrogens with one attached hydrogen (secondary N) is 1. The molecule has 1 aliphatic carbocycles. The second kappa shape index (κ2) is 5.38. The molecule has 4 nitrogen and oxygen atoms in total. The van der Waals surface area contributed by atoms with Gasteiger partial charge in [-0.15, -0.1) is 0 Å². The summed E-state index contributed by atoms with van der Waals surface area (Å²) in [5.74, 6) is 0.158. The zero-order valence-corrected chi connectivity index (χ0v) is 9.76. The van der Waals surface area contributed by atoms with E-state index in [1.54, 1.807) is 12.1 Å². The molecule has 4 N–H and O–H groups in total. The molecule has 0 saturated heterocycles. The van der Waals surface area contributed by atoms with Gasteiger partial charge in [0, 0.05) is 13.1 Å². The monoisotopic (exact) mass is 237 g/mol. The van der Waals surface area contributed by atoms with Crippen LogP contribution in [0.5, 0.6) is 11.5 Å². The standard InChI is InChI=1S/C13H19NO3/c15-11-3-1-2-10(11)8-14-7-9-4-5-12(16)13(17)6-9/h4-6,10-11,14-17H,1-3,7-8H2. The first-order valence-corrected chi connectivity index (χ1v) is 6.06. The number of phenols is 2. The summed E-state index contributed by atoms with van der Waals surface area (Å²) in [5.41, 5.74) is 0.924. The predicted molar refractivity (Wildman–Crippen MR) is 64.8 cm³/mol. The summed E-state index contributed by atoms with van der Waals surface area (Å²) in [6.45, 7) is 1.43. The van der Waals surface area contributed by atoms with Crippen LogP contribution in [0.3, 0.4) is 0 Å². The first-order valence-electron chi connectivity index (χ1n) is 6.06. The number of hydrogen-bond acceptors (Lipinski definition) is 4. The summed E-state index contributed by atoms with van der Waals surface area (Å²) in [5, 5.41) is 31.4. The Labute approximate surface area is 101 Å². The lowest BCUT2D eigenvalue weighted by Crippen LogP contribution is -2.27. The molecule has 94 valence electrons. The zero-order chi connectivity index (χ0) is 12.3. The topological polar surface area (TPSA) is 72.7 Å². The van der Waals surface area contributed by atoms with E-state index in [0.717, 1.165) is 31.4 Å². The van der Waals surface area contributed by atoms with Crippen molar-refractivity contribution < 1.29 is 15.3 Å². The van der Waals surface area contributed by atoms with Gasteiger partial charge in [0.1, 0.15) is 0 Å². The Kier molecular flexibility index (Phi) is 3.86. The van der Waals surface area contributed by atoms with E-state index in [9.17, 15) is 15.3 Å². The Morgan fingerprint density at radius 1 is 1.18 bits per heavy atom. The van der Waals surface area contributed by atoms with E-state index >= 15 is 0 Å². The number of aromatic hydroxyl groups is 2. The van der Waals surface area contributed by atoms with Crippen molar-refractivity contribution in [2.75, 3.05) is 6.54 Å². The summed E-state index contributed by atoms with van der Waals surface area (Å²) in [4.78, 5) is 0. The van der Waals surface area contributed by atoms with Gasteiger partial charge in [-0.3, -0.25) is 0 Å². The lowest BCUT2D eigenvalue weighted by Gasteiger charge is -2.15. The minimum Gasteiger partial charge on any atom is -0.504 e. The summed E-state index contributed by atoms with van der Waals surface area (Å²) < 4.78 is 0. The summed E-state index contributed by atoms with van der Waals surface area (Å²) in [6.07, 6.45) is 2.92. The Bertz CT molecular complexity index is 381. The molecule has 0 spiro atoms. The molecule has 0 aromatic heterocycles. The second-order valence-corrected chi connectivity index (χ2v) is 4.71. The number of hydrogen-bond donors (Lipinski definition) is 4. The molecule has 17 heavy (non-hydrogen) atoms. The van der Waals surface area contributed by atoms with E-state index in [1.807, 2.05) is 0 Å². The van der Waals surface area contributed by atoms with Crippen molar-refractivity contribution in [3.63, 3.8) is 0 Å². The van der Waals surface area contributed by atoms with E-state index in [-0.39, 0.29) is 17.6 Å². The molecular formula is C13H19NO3. The highest BCUT2D eigenvalue weighted by Crippen LogP contribution is 2.26. The minimum atomic E-state index is -0.171. The molecular weight excluding hydrogens is 218 g/mol. The zero-order valence-electron chi connectivity index (χ0n) is 9.76. The number of aliphatic hydroxyl groups is 1. The second-order valence-electron chi connectivity index (χ2n) is 4.71. The summed E-state index contributed by atoms with van der Waals surface area (Å²) in [6, 6.07) is 4.80. The van der Waals surface area contributed by atoms with Crippen LogP contribution in [-0.4, -0.2) is 28.0 Å². The Balaban J connectivity index is 1.79. The first kappa shape index (κ1) is 12.2. The van der Waals surface area contributed by atoms with E-state index in [2.05, 4.69) is 5.32 Å².